The van der Waals surface area contributed by atoms with E-state index in [1.54, 1.807) is 0 Å². The first-order valence-corrected chi connectivity index (χ1v) is 6.70. The lowest BCUT2D eigenvalue weighted by Gasteiger charge is -2.23. The minimum absolute atomic E-state index is 0.693. The van der Waals surface area contributed by atoms with Crippen molar-refractivity contribution in [2.24, 2.45) is 0 Å². The van der Waals surface area contributed by atoms with Crippen LogP contribution in [0.15, 0.2) is 24.3 Å². The minimum Gasteiger partial charge on any atom is -0.314 e. The van der Waals surface area contributed by atoms with Gasteiger partial charge in [-0.15, -0.1) is 0 Å². The molecular formula is C15H24N2. The first-order valence-electron chi connectivity index (χ1n) is 6.70. The van der Waals surface area contributed by atoms with Crippen LogP contribution in [-0.2, 0) is 13.0 Å². The summed E-state index contributed by atoms with van der Waals surface area (Å²) >= 11 is 0. The summed E-state index contributed by atoms with van der Waals surface area (Å²) in [5.41, 5.74) is 2.90. The third-order valence-electron chi connectivity index (χ3n) is 3.38. The molecule has 1 unspecified atom stereocenters. The predicted octanol–water partition coefficient (Wildman–Crippen LogP) is 2.43. The predicted molar refractivity (Wildman–Crippen MR) is 73.2 cm³/mol. The molecule has 1 aliphatic heterocycles. The van der Waals surface area contributed by atoms with Crippen molar-refractivity contribution in [1.29, 1.82) is 0 Å². The second-order valence-electron chi connectivity index (χ2n) is 5.41. The normalized spacial score (nSPS) is 20.8. The van der Waals surface area contributed by atoms with Crippen molar-refractivity contribution in [3.8, 4) is 0 Å². The molecule has 1 aliphatic rings. The maximum absolute atomic E-state index is 3.62. The van der Waals surface area contributed by atoms with Gasteiger partial charge < -0.3 is 10.2 Å². The van der Waals surface area contributed by atoms with Crippen molar-refractivity contribution in [1.82, 2.24) is 10.2 Å². The van der Waals surface area contributed by atoms with Gasteiger partial charge in [0.05, 0.1) is 0 Å². The van der Waals surface area contributed by atoms with Crippen LogP contribution in [0.25, 0.3) is 0 Å². The van der Waals surface area contributed by atoms with Gasteiger partial charge in [-0.1, -0.05) is 30.7 Å². The summed E-state index contributed by atoms with van der Waals surface area (Å²) in [7, 11) is 4.24. The number of piperidine rings is 1. The van der Waals surface area contributed by atoms with Crippen LogP contribution in [-0.4, -0.2) is 31.6 Å². The van der Waals surface area contributed by atoms with Crippen LogP contribution in [0.3, 0.4) is 0 Å². The van der Waals surface area contributed by atoms with Gasteiger partial charge in [0.2, 0.25) is 0 Å². The van der Waals surface area contributed by atoms with E-state index in [1.165, 1.54) is 43.4 Å². The molecule has 1 aromatic rings. The van der Waals surface area contributed by atoms with Crippen LogP contribution in [0.2, 0.25) is 0 Å². The van der Waals surface area contributed by atoms with Crippen molar-refractivity contribution >= 4 is 0 Å². The van der Waals surface area contributed by atoms with E-state index in [1.807, 2.05) is 0 Å². The fourth-order valence-corrected chi connectivity index (χ4v) is 2.60. The summed E-state index contributed by atoms with van der Waals surface area (Å²) < 4.78 is 0. The van der Waals surface area contributed by atoms with Gasteiger partial charge in [-0.2, -0.15) is 0 Å². The largest absolute Gasteiger partial charge is 0.314 e. The Bertz CT molecular complexity index is 341. The van der Waals surface area contributed by atoms with Crippen molar-refractivity contribution in [3.05, 3.63) is 35.4 Å². The van der Waals surface area contributed by atoms with Crippen molar-refractivity contribution < 1.29 is 0 Å². The third-order valence-corrected chi connectivity index (χ3v) is 3.38. The average molecular weight is 232 g/mol. The second kappa shape index (κ2) is 6.18. The fraction of sp³-hybridized carbons (Fsp3) is 0.600. The monoisotopic (exact) mass is 232 g/mol. The van der Waals surface area contributed by atoms with Crippen LogP contribution in [0.5, 0.6) is 0 Å². The maximum atomic E-state index is 3.62. The summed E-state index contributed by atoms with van der Waals surface area (Å²) in [6, 6.07) is 9.72. The Morgan fingerprint density at radius 1 is 1.24 bits per heavy atom. The molecule has 0 aromatic heterocycles. The Hall–Kier alpha value is -0.860. The van der Waals surface area contributed by atoms with Gasteiger partial charge in [0, 0.05) is 12.6 Å². The molecule has 0 saturated carbocycles. The molecule has 2 heteroatoms. The summed E-state index contributed by atoms with van der Waals surface area (Å²) in [6.07, 6.45) is 5.24. The molecule has 94 valence electrons. The highest BCUT2D eigenvalue weighted by Crippen LogP contribution is 2.14. The zero-order chi connectivity index (χ0) is 12.1. The Balaban J connectivity index is 1.95. The minimum atomic E-state index is 0.693. The van der Waals surface area contributed by atoms with Crippen LogP contribution in [0, 0.1) is 0 Å². The maximum Gasteiger partial charge on any atom is 0.0227 e. The molecule has 0 spiro atoms. The Morgan fingerprint density at radius 2 is 2.06 bits per heavy atom. The molecule has 0 aliphatic carbocycles. The van der Waals surface area contributed by atoms with Crippen LogP contribution >= 0.6 is 0 Å². The van der Waals surface area contributed by atoms with Crippen molar-refractivity contribution in [2.45, 2.75) is 38.3 Å². The van der Waals surface area contributed by atoms with E-state index in [2.05, 4.69) is 48.6 Å². The summed E-state index contributed by atoms with van der Waals surface area (Å²) in [5, 5.41) is 3.62. The Labute approximate surface area is 105 Å². The van der Waals surface area contributed by atoms with E-state index in [4.69, 9.17) is 0 Å². The molecule has 0 radical (unpaired) electrons. The molecule has 1 N–H and O–H groups in total. The van der Waals surface area contributed by atoms with Gasteiger partial charge in [-0.3, -0.25) is 0 Å². The van der Waals surface area contributed by atoms with Gasteiger partial charge in [0.25, 0.3) is 0 Å². The van der Waals surface area contributed by atoms with Crippen molar-refractivity contribution in [2.75, 3.05) is 20.6 Å². The smallest absolute Gasteiger partial charge is 0.0227 e. The van der Waals surface area contributed by atoms with Gasteiger partial charge in [0.15, 0.2) is 0 Å². The third kappa shape index (κ3) is 4.14. The zero-order valence-electron chi connectivity index (χ0n) is 11.1. The molecule has 17 heavy (non-hydrogen) atoms. The Morgan fingerprint density at radius 3 is 2.76 bits per heavy atom. The highest BCUT2D eigenvalue weighted by Gasteiger charge is 2.12. The molecule has 1 aromatic carbocycles. The Kier molecular flexibility index (Phi) is 4.57. The standard InChI is InChI=1S/C15H24N2/c1-17(2)12-14-7-5-6-13(10-14)11-15-8-3-4-9-16-15/h5-7,10,15-16H,3-4,8-9,11-12H2,1-2H3. The van der Waals surface area contributed by atoms with Gasteiger partial charge in [-0.25, -0.2) is 0 Å². The molecule has 1 saturated heterocycles. The number of nitrogens with one attached hydrogen (secondary N) is 1. The van der Waals surface area contributed by atoms with E-state index < -0.39 is 0 Å². The average Bonchev–Trinajstić information content (AvgIpc) is 2.30. The SMILES string of the molecule is CN(C)Cc1cccc(CC2CCCCN2)c1. The lowest BCUT2D eigenvalue weighted by Crippen LogP contribution is -2.35. The van der Waals surface area contributed by atoms with Crippen LogP contribution in [0.1, 0.15) is 30.4 Å². The van der Waals surface area contributed by atoms with E-state index in [9.17, 15) is 0 Å². The van der Waals surface area contributed by atoms with Crippen LogP contribution < -0.4 is 5.32 Å². The summed E-state index contributed by atoms with van der Waals surface area (Å²) in [5.74, 6) is 0. The quantitative estimate of drug-likeness (QED) is 0.857. The van der Waals surface area contributed by atoms with E-state index >= 15 is 0 Å². The number of benzene rings is 1. The molecular weight excluding hydrogens is 208 g/mol. The van der Waals surface area contributed by atoms with E-state index in [-0.39, 0.29) is 0 Å². The van der Waals surface area contributed by atoms with Gasteiger partial charge in [0.1, 0.15) is 0 Å². The second-order valence-corrected chi connectivity index (χ2v) is 5.41. The molecule has 2 nitrogen and oxygen atoms in total. The summed E-state index contributed by atoms with van der Waals surface area (Å²) in [4.78, 5) is 2.22. The lowest BCUT2D eigenvalue weighted by molar-refractivity contribution is 0.396. The topological polar surface area (TPSA) is 15.3 Å². The van der Waals surface area contributed by atoms with Crippen LogP contribution in [0.4, 0.5) is 0 Å². The highest BCUT2D eigenvalue weighted by atomic mass is 15.0. The first-order chi connectivity index (χ1) is 8.24. The van der Waals surface area contributed by atoms with Gasteiger partial charge in [-0.05, 0) is 51.0 Å². The lowest BCUT2D eigenvalue weighted by atomic mass is 9.97. The highest BCUT2D eigenvalue weighted by molar-refractivity contribution is 5.24. The van der Waals surface area contributed by atoms with Crippen molar-refractivity contribution in [3.63, 3.8) is 0 Å². The van der Waals surface area contributed by atoms with E-state index in [0.29, 0.717) is 6.04 Å². The number of nitrogens with zero attached hydrogens (tertiary/aromatic N) is 1. The van der Waals surface area contributed by atoms with E-state index in [0.717, 1.165) is 6.54 Å². The number of rotatable bonds is 4. The fourth-order valence-electron chi connectivity index (χ4n) is 2.60. The first kappa shape index (κ1) is 12.6. The molecule has 0 bridgehead atoms. The molecule has 0 amide bonds. The number of hydrogen-bond acceptors (Lipinski definition) is 2. The number of hydrogen-bond donors (Lipinski definition) is 1. The zero-order valence-corrected chi connectivity index (χ0v) is 11.1. The summed E-state index contributed by atoms with van der Waals surface area (Å²) in [6.45, 7) is 2.23. The molecule has 1 heterocycles. The molecule has 1 fully saturated rings. The molecule has 2 rings (SSSR count). The van der Waals surface area contributed by atoms with Gasteiger partial charge >= 0.3 is 0 Å². The molecule has 1 atom stereocenters.